The SMILES string of the molecule is Cc1ccn2c(=O)cc(COC(=O)c3ccccc3S(C)(=O)=O)nc2c1. The van der Waals surface area contributed by atoms with Gasteiger partial charge in [0.15, 0.2) is 9.84 Å². The number of pyridine rings is 1. The monoisotopic (exact) mass is 372 g/mol. The average Bonchev–Trinajstić information content (AvgIpc) is 2.58. The zero-order valence-electron chi connectivity index (χ0n) is 14.2. The number of fused-ring (bicyclic) bond motifs is 1. The highest BCUT2D eigenvalue weighted by atomic mass is 32.2. The maximum absolute atomic E-state index is 12.3. The van der Waals surface area contributed by atoms with Gasteiger partial charge in [0.1, 0.15) is 12.3 Å². The van der Waals surface area contributed by atoms with Crippen molar-refractivity contribution < 1.29 is 17.9 Å². The summed E-state index contributed by atoms with van der Waals surface area (Å²) in [6.45, 7) is 1.64. The number of hydrogen-bond donors (Lipinski definition) is 0. The van der Waals surface area contributed by atoms with Crippen LogP contribution < -0.4 is 5.56 Å². The zero-order valence-corrected chi connectivity index (χ0v) is 15.0. The molecular weight excluding hydrogens is 356 g/mol. The predicted octanol–water partition coefficient (Wildman–Crippen LogP) is 1.76. The third-order valence-electron chi connectivity index (χ3n) is 3.73. The van der Waals surface area contributed by atoms with Crippen LogP contribution in [-0.2, 0) is 21.2 Å². The van der Waals surface area contributed by atoms with Crippen molar-refractivity contribution in [1.29, 1.82) is 0 Å². The van der Waals surface area contributed by atoms with Crippen LogP contribution in [0, 0.1) is 6.92 Å². The summed E-state index contributed by atoms with van der Waals surface area (Å²) in [5, 5.41) is 0. The molecule has 8 heteroatoms. The highest BCUT2D eigenvalue weighted by molar-refractivity contribution is 7.90. The van der Waals surface area contributed by atoms with Crippen LogP contribution in [0.25, 0.3) is 5.65 Å². The minimum atomic E-state index is -3.57. The molecule has 2 aromatic heterocycles. The van der Waals surface area contributed by atoms with Gasteiger partial charge in [-0.1, -0.05) is 12.1 Å². The normalized spacial score (nSPS) is 11.5. The Bertz CT molecular complexity index is 1170. The van der Waals surface area contributed by atoms with Gasteiger partial charge in [-0.2, -0.15) is 0 Å². The second-order valence-electron chi connectivity index (χ2n) is 5.86. The predicted molar refractivity (Wildman–Crippen MR) is 94.9 cm³/mol. The molecular formula is C18H16N2O5S. The Kier molecular flexibility index (Phi) is 4.60. The third kappa shape index (κ3) is 3.65. The van der Waals surface area contributed by atoms with Crippen LogP contribution in [0.15, 0.2) is 58.4 Å². The van der Waals surface area contributed by atoms with Crippen LogP contribution in [0.5, 0.6) is 0 Å². The van der Waals surface area contributed by atoms with Crippen LogP contribution >= 0.6 is 0 Å². The van der Waals surface area contributed by atoms with Crippen LogP contribution in [-0.4, -0.2) is 30.0 Å². The van der Waals surface area contributed by atoms with Gasteiger partial charge in [0.05, 0.1) is 16.2 Å². The van der Waals surface area contributed by atoms with Crippen molar-refractivity contribution in [1.82, 2.24) is 9.38 Å². The van der Waals surface area contributed by atoms with E-state index in [-0.39, 0.29) is 28.3 Å². The van der Waals surface area contributed by atoms with E-state index in [2.05, 4.69) is 4.98 Å². The summed E-state index contributed by atoms with van der Waals surface area (Å²) in [4.78, 5) is 28.6. The maximum Gasteiger partial charge on any atom is 0.339 e. The summed E-state index contributed by atoms with van der Waals surface area (Å²) >= 11 is 0. The summed E-state index contributed by atoms with van der Waals surface area (Å²) in [7, 11) is -3.57. The van der Waals surface area contributed by atoms with Crippen molar-refractivity contribution in [3.63, 3.8) is 0 Å². The molecule has 0 bridgehead atoms. The molecule has 0 fully saturated rings. The summed E-state index contributed by atoms with van der Waals surface area (Å²) < 4.78 is 30.1. The maximum atomic E-state index is 12.3. The number of rotatable bonds is 4. The number of sulfone groups is 1. The first kappa shape index (κ1) is 17.8. The second-order valence-corrected chi connectivity index (χ2v) is 7.85. The molecule has 0 amide bonds. The molecule has 0 spiro atoms. The lowest BCUT2D eigenvalue weighted by atomic mass is 10.2. The van der Waals surface area contributed by atoms with E-state index in [0.29, 0.717) is 5.65 Å². The summed E-state index contributed by atoms with van der Waals surface area (Å²) in [6.07, 6.45) is 2.64. The number of aromatic nitrogens is 2. The zero-order chi connectivity index (χ0) is 18.9. The molecule has 0 saturated carbocycles. The fraction of sp³-hybridized carbons (Fsp3) is 0.167. The van der Waals surface area contributed by atoms with Gasteiger partial charge in [-0.05, 0) is 36.8 Å². The van der Waals surface area contributed by atoms with Crippen LogP contribution in [0.4, 0.5) is 0 Å². The van der Waals surface area contributed by atoms with Gasteiger partial charge in [-0.25, -0.2) is 18.2 Å². The number of carbonyl (C=O) groups is 1. The van der Waals surface area contributed by atoms with Gasteiger partial charge in [-0.3, -0.25) is 9.20 Å². The molecule has 0 aliphatic heterocycles. The quantitative estimate of drug-likeness (QED) is 0.648. The Morgan fingerprint density at radius 1 is 1.19 bits per heavy atom. The van der Waals surface area contributed by atoms with Crippen molar-refractivity contribution in [2.75, 3.05) is 6.26 Å². The number of nitrogens with zero attached hydrogens (tertiary/aromatic N) is 2. The molecule has 1 aromatic carbocycles. The standard InChI is InChI=1S/C18H16N2O5S/c1-12-7-8-20-16(9-12)19-13(10-17(20)21)11-25-18(22)14-5-3-4-6-15(14)26(2,23)24/h3-10H,11H2,1-2H3. The lowest BCUT2D eigenvalue weighted by molar-refractivity contribution is 0.0463. The number of esters is 1. The highest BCUT2D eigenvalue weighted by Crippen LogP contribution is 2.17. The van der Waals surface area contributed by atoms with E-state index < -0.39 is 15.8 Å². The second kappa shape index (κ2) is 6.72. The first-order valence-electron chi connectivity index (χ1n) is 7.71. The molecule has 0 aliphatic rings. The van der Waals surface area contributed by atoms with Crippen molar-refractivity contribution in [2.24, 2.45) is 0 Å². The molecule has 3 aromatic rings. The Morgan fingerprint density at radius 3 is 2.65 bits per heavy atom. The molecule has 0 aliphatic carbocycles. The van der Waals surface area contributed by atoms with Crippen LogP contribution in [0.2, 0.25) is 0 Å². The molecule has 26 heavy (non-hydrogen) atoms. The Morgan fingerprint density at radius 2 is 1.92 bits per heavy atom. The molecule has 0 radical (unpaired) electrons. The van der Waals surface area contributed by atoms with Crippen molar-refractivity contribution >= 4 is 21.5 Å². The van der Waals surface area contributed by atoms with Crippen molar-refractivity contribution in [2.45, 2.75) is 18.4 Å². The molecule has 0 unspecified atom stereocenters. The number of aryl methyl sites for hydroxylation is 1. The fourth-order valence-electron chi connectivity index (χ4n) is 2.50. The van der Waals surface area contributed by atoms with E-state index >= 15 is 0 Å². The van der Waals surface area contributed by atoms with Gasteiger partial charge < -0.3 is 4.74 Å². The Hall–Kier alpha value is -3.00. The van der Waals surface area contributed by atoms with Crippen LogP contribution in [0.1, 0.15) is 21.6 Å². The summed E-state index contributed by atoms with van der Waals surface area (Å²) in [6, 6.07) is 10.6. The molecule has 0 atom stereocenters. The molecule has 0 saturated heterocycles. The van der Waals surface area contributed by atoms with E-state index in [1.54, 1.807) is 24.4 Å². The van der Waals surface area contributed by atoms with Gasteiger partial charge in [0.2, 0.25) is 0 Å². The van der Waals surface area contributed by atoms with E-state index in [9.17, 15) is 18.0 Å². The molecule has 7 nitrogen and oxygen atoms in total. The third-order valence-corrected chi connectivity index (χ3v) is 4.89. The minimum Gasteiger partial charge on any atom is -0.456 e. The topological polar surface area (TPSA) is 94.8 Å². The minimum absolute atomic E-state index is 0.0524. The summed E-state index contributed by atoms with van der Waals surface area (Å²) in [5.74, 6) is -0.794. The van der Waals surface area contributed by atoms with Gasteiger partial charge in [0, 0.05) is 18.5 Å². The van der Waals surface area contributed by atoms with Crippen molar-refractivity contribution in [3.05, 3.63) is 75.8 Å². The Labute approximate surface area is 149 Å². The molecule has 3 rings (SSSR count). The summed E-state index contributed by atoms with van der Waals surface area (Å²) in [5.41, 5.74) is 1.32. The lowest BCUT2D eigenvalue weighted by Gasteiger charge is -2.09. The van der Waals surface area contributed by atoms with Gasteiger partial charge >= 0.3 is 5.97 Å². The van der Waals surface area contributed by atoms with Gasteiger partial charge in [0.25, 0.3) is 5.56 Å². The number of carbonyl (C=O) groups excluding carboxylic acids is 1. The fourth-order valence-corrected chi connectivity index (χ4v) is 3.38. The van der Waals surface area contributed by atoms with Gasteiger partial charge in [-0.15, -0.1) is 0 Å². The average molecular weight is 372 g/mol. The number of benzene rings is 1. The first-order chi connectivity index (χ1) is 12.3. The highest BCUT2D eigenvalue weighted by Gasteiger charge is 2.19. The van der Waals surface area contributed by atoms with E-state index in [0.717, 1.165) is 11.8 Å². The van der Waals surface area contributed by atoms with E-state index in [1.165, 1.54) is 28.7 Å². The first-order valence-corrected chi connectivity index (χ1v) is 9.60. The number of hydrogen-bond acceptors (Lipinski definition) is 6. The molecule has 2 heterocycles. The Balaban J connectivity index is 1.87. The van der Waals surface area contributed by atoms with Crippen LogP contribution in [0.3, 0.4) is 0 Å². The smallest absolute Gasteiger partial charge is 0.339 e. The largest absolute Gasteiger partial charge is 0.456 e. The lowest BCUT2D eigenvalue weighted by Crippen LogP contribution is -2.17. The van der Waals surface area contributed by atoms with Crippen molar-refractivity contribution in [3.8, 4) is 0 Å². The molecule has 0 N–H and O–H groups in total. The molecule has 134 valence electrons. The van der Waals surface area contributed by atoms with E-state index in [1.807, 2.05) is 6.92 Å². The van der Waals surface area contributed by atoms with E-state index in [4.69, 9.17) is 4.74 Å². The number of ether oxygens (including phenoxy) is 1.